The average Bonchev–Trinajstić information content (AvgIpc) is 2.07. The van der Waals surface area contributed by atoms with E-state index in [2.05, 4.69) is 21.7 Å². The molecule has 0 saturated heterocycles. The van der Waals surface area contributed by atoms with Crippen LogP contribution in [0.2, 0.25) is 0 Å². The number of nitrogens with zero attached hydrogens (tertiary/aromatic N) is 1. The summed E-state index contributed by atoms with van der Waals surface area (Å²) in [5, 5.41) is 6.03. The molecule has 0 amide bonds. The zero-order chi connectivity index (χ0) is 8.10. The van der Waals surface area contributed by atoms with Gasteiger partial charge in [-0.05, 0) is 18.7 Å². The second kappa shape index (κ2) is 3.93. The normalized spacial score (nSPS) is 9.64. The Morgan fingerprint density at radius 1 is 1.36 bits per heavy atom. The van der Waals surface area contributed by atoms with E-state index in [0.717, 1.165) is 12.4 Å². The van der Waals surface area contributed by atoms with Crippen LogP contribution in [-0.2, 0) is 6.54 Å². The highest BCUT2D eigenvalue weighted by molar-refractivity contribution is 5.34. The summed E-state index contributed by atoms with van der Waals surface area (Å²) in [6, 6.07) is 4.02. The fourth-order valence-corrected chi connectivity index (χ4v) is 0.881. The van der Waals surface area contributed by atoms with Gasteiger partial charge in [0.25, 0.3) is 0 Å². The van der Waals surface area contributed by atoms with Crippen LogP contribution in [0.1, 0.15) is 5.56 Å². The third-order valence-electron chi connectivity index (χ3n) is 1.46. The van der Waals surface area contributed by atoms with E-state index in [1.165, 1.54) is 5.56 Å². The number of hydrogen-bond donors (Lipinski definition) is 2. The van der Waals surface area contributed by atoms with Gasteiger partial charge in [-0.25, -0.2) is 4.98 Å². The SMILES string of the molecule is CNCc1ccc(NC)nc1. The van der Waals surface area contributed by atoms with Gasteiger partial charge in [0.1, 0.15) is 5.82 Å². The van der Waals surface area contributed by atoms with E-state index in [1.54, 1.807) is 0 Å². The molecule has 0 saturated carbocycles. The molecule has 0 aliphatic rings. The number of rotatable bonds is 3. The predicted molar refractivity (Wildman–Crippen MR) is 46.5 cm³/mol. The first-order valence-corrected chi connectivity index (χ1v) is 3.64. The molecule has 1 aromatic rings. The molecule has 1 aromatic heterocycles. The van der Waals surface area contributed by atoms with E-state index in [-0.39, 0.29) is 0 Å². The minimum absolute atomic E-state index is 0.872. The number of hydrogen-bond acceptors (Lipinski definition) is 3. The van der Waals surface area contributed by atoms with Crippen LogP contribution in [0.4, 0.5) is 5.82 Å². The minimum Gasteiger partial charge on any atom is -0.373 e. The van der Waals surface area contributed by atoms with Gasteiger partial charge in [-0.3, -0.25) is 0 Å². The largest absolute Gasteiger partial charge is 0.373 e. The molecule has 2 N–H and O–H groups in total. The summed E-state index contributed by atoms with van der Waals surface area (Å²) in [6.07, 6.45) is 1.86. The lowest BCUT2D eigenvalue weighted by molar-refractivity contribution is 0.813. The molecular formula is C8H13N3. The van der Waals surface area contributed by atoms with Gasteiger partial charge in [0.15, 0.2) is 0 Å². The molecule has 11 heavy (non-hydrogen) atoms. The van der Waals surface area contributed by atoms with Gasteiger partial charge in [0, 0.05) is 19.8 Å². The first-order chi connectivity index (χ1) is 5.36. The maximum absolute atomic E-state index is 4.16. The summed E-state index contributed by atoms with van der Waals surface area (Å²) in [4.78, 5) is 4.16. The smallest absolute Gasteiger partial charge is 0.125 e. The van der Waals surface area contributed by atoms with E-state index >= 15 is 0 Å². The van der Waals surface area contributed by atoms with Crippen LogP contribution in [0.25, 0.3) is 0 Å². The molecule has 0 atom stereocenters. The quantitative estimate of drug-likeness (QED) is 0.672. The molecule has 0 spiro atoms. The van der Waals surface area contributed by atoms with Crippen molar-refractivity contribution in [3.05, 3.63) is 23.9 Å². The van der Waals surface area contributed by atoms with Crippen LogP contribution in [0.3, 0.4) is 0 Å². The lowest BCUT2D eigenvalue weighted by Gasteiger charge is -2.00. The Hall–Kier alpha value is -1.09. The monoisotopic (exact) mass is 151 g/mol. The number of aromatic nitrogens is 1. The highest BCUT2D eigenvalue weighted by atomic mass is 14.9. The molecule has 0 radical (unpaired) electrons. The van der Waals surface area contributed by atoms with E-state index in [9.17, 15) is 0 Å². The molecule has 0 unspecified atom stereocenters. The van der Waals surface area contributed by atoms with Gasteiger partial charge in [0.2, 0.25) is 0 Å². The van der Waals surface area contributed by atoms with Gasteiger partial charge in [0.05, 0.1) is 0 Å². The second-order valence-corrected chi connectivity index (χ2v) is 2.33. The molecule has 0 aliphatic heterocycles. The van der Waals surface area contributed by atoms with E-state index < -0.39 is 0 Å². The summed E-state index contributed by atoms with van der Waals surface area (Å²) in [5.74, 6) is 0.907. The molecule has 0 bridgehead atoms. The number of nitrogens with one attached hydrogen (secondary N) is 2. The zero-order valence-electron chi connectivity index (χ0n) is 6.89. The van der Waals surface area contributed by atoms with Crippen LogP contribution in [0, 0.1) is 0 Å². The Bertz CT molecular complexity index is 205. The Kier molecular flexibility index (Phi) is 2.86. The maximum Gasteiger partial charge on any atom is 0.125 e. The number of anilines is 1. The van der Waals surface area contributed by atoms with Crippen molar-refractivity contribution in [2.24, 2.45) is 0 Å². The topological polar surface area (TPSA) is 37.0 Å². The molecular weight excluding hydrogens is 138 g/mol. The van der Waals surface area contributed by atoms with Crippen LogP contribution in [-0.4, -0.2) is 19.1 Å². The number of pyridine rings is 1. The van der Waals surface area contributed by atoms with Crippen molar-refractivity contribution in [1.29, 1.82) is 0 Å². The van der Waals surface area contributed by atoms with Crippen molar-refractivity contribution in [3.8, 4) is 0 Å². The fraction of sp³-hybridized carbons (Fsp3) is 0.375. The van der Waals surface area contributed by atoms with Crippen LogP contribution in [0.15, 0.2) is 18.3 Å². The van der Waals surface area contributed by atoms with Crippen molar-refractivity contribution in [2.75, 3.05) is 19.4 Å². The lowest BCUT2D eigenvalue weighted by atomic mass is 10.3. The van der Waals surface area contributed by atoms with Crippen molar-refractivity contribution in [2.45, 2.75) is 6.54 Å². The molecule has 3 heteroatoms. The standard InChI is InChI=1S/C8H13N3/c1-9-5-7-3-4-8(10-2)11-6-7/h3-4,6,9H,5H2,1-2H3,(H,10,11). The van der Waals surface area contributed by atoms with Crippen molar-refractivity contribution in [3.63, 3.8) is 0 Å². The lowest BCUT2D eigenvalue weighted by Crippen LogP contribution is -2.05. The second-order valence-electron chi connectivity index (χ2n) is 2.33. The zero-order valence-corrected chi connectivity index (χ0v) is 6.89. The predicted octanol–water partition coefficient (Wildman–Crippen LogP) is 0.843. The third-order valence-corrected chi connectivity index (χ3v) is 1.46. The van der Waals surface area contributed by atoms with Gasteiger partial charge < -0.3 is 10.6 Å². The Morgan fingerprint density at radius 3 is 2.64 bits per heavy atom. The molecule has 3 nitrogen and oxygen atoms in total. The molecule has 0 fully saturated rings. The summed E-state index contributed by atoms with van der Waals surface area (Å²) in [6.45, 7) is 0.872. The fourth-order valence-electron chi connectivity index (χ4n) is 0.881. The highest BCUT2D eigenvalue weighted by Crippen LogP contribution is 2.02. The summed E-state index contributed by atoms with van der Waals surface area (Å²) in [7, 11) is 3.78. The van der Waals surface area contributed by atoms with Crippen LogP contribution < -0.4 is 10.6 Å². The Morgan fingerprint density at radius 2 is 2.18 bits per heavy atom. The van der Waals surface area contributed by atoms with E-state index in [0.29, 0.717) is 0 Å². The molecule has 1 rings (SSSR count). The minimum atomic E-state index is 0.872. The summed E-state index contributed by atoms with van der Waals surface area (Å²) >= 11 is 0. The third kappa shape index (κ3) is 2.20. The van der Waals surface area contributed by atoms with Gasteiger partial charge in [-0.2, -0.15) is 0 Å². The molecule has 0 aliphatic carbocycles. The van der Waals surface area contributed by atoms with Gasteiger partial charge in [-0.1, -0.05) is 6.07 Å². The van der Waals surface area contributed by atoms with Crippen molar-refractivity contribution < 1.29 is 0 Å². The van der Waals surface area contributed by atoms with Crippen molar-refractivity contribution >= 4 is 5.82 Å². The average molecular weight is 151 g/mol. The summed E-state index contributed by atoms with van der Waals surface area (Å²) < 4.78 is 0. The maximum atomic E-state index is 4.16. The van der Waals surface area contributed by atoms with Crippen LogP contribution in [0.5, 0.6) is 0 Å². The molecule has 60 valence electrons. The first-order valence-electron chi connectivity index (χ1n) is 3.64. The molecule has 1 heterocycles. The molecule has 0 aromatic carbocycles. The first kappa shape index (κ1) is 8.01. The van der Waals surface area contributed by atoms with Gasteiger partial charge >= 0.3 is 0 Å². The van der Waals surface area contributed by atoms with Gasteiger partial charge in [-0.15, -0.1) is 0 Å². The Balaban J connectivity index is 2.66. The van der Waals surface area contributed by atoms with E-state index in [4.69, 9.17) is 0 Å². The Labute approximate surface area is 66.8 Å². The highest BCUT2D eigenvalue weighted by Gasteiger charge is 1.90. The van der Waals surface area contributed by atoms with E-state index in [1.807, 2.05) is 26.4 Å². The summed E-state index contributed by atoms with van der Waals surface area (Å²) in [5.41, 5.74) is 1.20. The van der Waals surface area contributed by atoms with Crippen molar-refractivity contribution in [1.82, 2.24) is 10.3 Å². The van der Waals surface area contributed by atoms with Crippen LogP contribution >= 0.6 is 0 Å².